The number of nitrogens with zero attached hydrogens (tertiary/aromatic N) is 2. The third-order valence-electron chi connectivity index (χ3n) is 4.91. The molecule has 4 heteroatoms. The second kappa shape index (κ2) is 7.25. The van der Waals surface area contributed by atoms with Gasteiger partial charge in [0.25, 0.3) is 0 Å². The lowest BCUT2D eigenvalue weighted by Gasteiger charge is -2.36. The molecule has 0 bridgehead atoms. The van der Waals surface area contributed by atoms with Crippen LogP contribution in [0.25, 0.3) is 0 Å². The van der Waals surface area contributed by atoms with Gasteiger partial charge in [0.05, 0.1) is 12.5 Å². The number of likely N-dealkylation sites (tertiary alicyclic amines) is 1. The molecule has 4 nitrogen and oxygen atoms in total. The molecule has 2 aliphatic rings. The van der Waals surface area contributed by atoms with Crippen LogP contribution in [0, 0.1) is 5.92 Å². The van der Waals surface area contributed by atoms with Gasteiger partial charge >= 0.3 is 0 Å². The molecule has 0 aliphatic carbocycles. The fourth-order valence-electron chi connectivity index (χ4n) is 3.62. The fraction of sp³-hybridized carbons (Fsp3) is 0.611. The van der Waals surface area contributed by atoms with E-state index in [1.165, 1.54) is 11.1 Å². The monoisotopic (exact) mass is 302 g/mol. The summed E-state index contributed by atoms with van der Waals surface area (Å²) in [6.07, 6.45) is 3.13. The highest BCUT2D eigenvalue weighted by Gasteiger charge is 2.30. The minimum absolute atomic E-state index is 0.163. The summed E-state index contributed by atoms with van der Waals surface area (Å²) in [7, 11) is 1.73. The van der Waals surface area contributed by atoms with Crippen molar-refractivity contribution >= 4 is 5.91 Å². The average Bonchev–Trinajstić information content (AvgIpc) is 2.59. The first-order valence-corrected chi connectivity index (χ1v) is 8.35. The molecule has 120 valence electrons. The zero-order valence-electron chi connectivity index (χ0n) is 13.5. The van der Waals surface area contributed by atoms with Crippen LogP contribution in [0.5, 0.6) is 0 Å². The molecule has 0 N–H and O–H groups in total. The average molecular weight is 302 g/mol. The van der Waals surface area contributed by atoms with Crippen molar-refractivity contribution < 1.29 is 9.53 Å². The van der Waals surface area contributed by atoms with Gasteiger partial charge in [-0.2, -0.15) is 0 Å². The van der Waals surface area contributed by atoms with Gasteiger partial charge in [-0.25, -0.2) is 0 Å². The van der Waals surface area contributed by atoms with Gasteiger partial charge < -0.3 is 14.5 Å². The Bertz CT molecular complexity index is 518. The number of hydrogen-bond acceptors (Lipinski definition) is 3. The van der Waals surface area contributed by atoms with Crippen LogP contribution >= 0.6 is 0 Å². The lowest BCUT2D eigenvalue weighted by atomic mass is 9.94. The summed E-state index contributed by atoms with van der Waals surface area (Å²) in [6, 6.07) is 8.50. The highest BCUT2D eigenvalue weighted by atomic mass is 16.5. The fourth-order valence-corrected chi connectivity index (χ4v) is 3.62. The lowest BCUT2D eigenvalue weighted by molar-refractivity contribution is -0.138. The molecule has 1 amide bonds. The number of carbonyl (C=O) groups excluding carboxylic acids is 1. The molecule has 1 saturated heterocycles. The molecule has 2 aliphatic heterocycles. The molecule has 2 heterocycles. The van der Waals surface area contributed by atoms with Crippen LogP contribution in [-0.2, 0) is 22.5 Å². The lowest BCUT2D eigenvalue weighted by Crippen LogP contribution is -2.46. The van der Waals surface area contributed by atoms with Crippen molar-refractivity contribution in [1.82, 2.24) is 9.80 Å². The molecular formula is C18H26N2O2. The van der Waals surface area contributed by atoms with Crippen molar-refractivity contribution in [3.05, 3.63) is 35.4 Å². The Labute approximate surface area is 133 Å². The maximum Gasteiger partial charge on any atom is 0.227 e. The summed E-state index contributed by atoms with van der Waals surface area (Å²) < 4.78 is 5.16. The maximum atomic E-state index is 12.9. The standard InChI is InChI=1S/C18H26N2O2/c1-22-12-11-19-9-4-7-17(13-19)18(21)20-10-8-15-5-2-3-6-16(15)14-20/h2-3,5-6,17H,4,7-14H2,1H3. The highest BCUT2D eigenvalue weighted by molar-refractivity contribution is 5.79. The van der Waals surface area contributed by atoms with Crippen LogP contribution in [-0.4, -0.2) is 55.6 Å². The highest BCUT2D eigenvalue weighted by Crippen LogP contribution is 2.23. The first-order valence-electron chi connectivity index (χ1n) is 8.35. The van der Waals surface area contributed by atoms with Crippen LogP contribution in [0.1, 0.15) is 24.0 Å². The van der Waals surface area contributed by atoms with Gasteiger partial charge in [-0.15, -0.1) is 0 Å². The molecule has 0 saturated carbocycles. The zero-order valence-corrected chi connectivity index (χ0v) is 13.5. The predicted octanol–water partition coefficient (Wildman–Crippen LogP) is 1.93. The van der Waals surface area contributed by atoms with Gasteiger partial charge in [-0.1, -0.05) is 24.3 Å². The number of amides is 1. The molecule has 0 aromatic heterocycles. The first kappa shape index (κ1) is 15.5. The van der Waals surface area contributed by atoms with Gasteiger partial charge in [0, 0.05) is 33.3 Å². The van der Waals surface area contributed by atoms with E-state index in [9.17, 15) is 4.79 Å². The largest absolute Gasteiger partial charge is 0.383 e. The minimum Gasteiger partial charge on any atom is -0.383 e. The van der Waals surface area contributed by atoms with E-state index in [0.29, 0.717) is 5.91 Å². The Morgan fingerprint density at radius 1 is 1.27 bits per heavy atom. The summed E-state index contributed by atoms with van der Waals surface area (Å²) in [5, 5.41) is 0. The molecule has 3 rings (SSSR count). The normalized spacial score (nSPS) is 22.4. The van der Waals surface area contributed by atoms with Crippen LogP contribution in [0.15, 0.2) is 24.3 Å². The summed E-state index contributed by atoms with van der Waals surface area (Å²) in [5.74, 6) is 0.507. The predicted molar refractivity (Wildman–Crippen MR) is 86.6 cm³/mol. The third-order valence-corrected chi connectivity index (χ3v) is 4.91. The smallest absolute Gasteiger partial charge is 0.227 e. The van der Waals surface area contributed by atoms with Crippen molar-refractivity contribution in [1.29, 1.82) is 0 Å². The van der Waals surface area contributed by atoms with Gasteiger partial charge in [0.15, 0.2) is 0 Å². The number of methoxy groups -OCH3 is 1. The Hall–Kier alpha value is -1.39. The summed E-state index contributed by atoms with van der Waals surface area (Å²) in [6.45, 7) is 5.31. The molecule has 1 aromatic carbocycles. The number of benzene rings is 1. The van der Waals surface area contributed by atoms with Gasteiger partial charge in [-0.3, -0.25) is 4.79 Å². The van der Waals surface area contributed by atoms with E-state index < -0.39 is 0 Å². The Kier molecular flexibility index (Phi) is 5.11. The Morgan fingerprint density at radius 3 is 2.91 bits per heavy atom. The van der Waals surface area contributed by atoms with E-state index >= 15 is 0 Å². The number of hydrogen-bond donors (Lipinski definition) is 0. The van der Waals surface area contributed by atoms with Gasteiger partial charge in [0.2, 0.25) is 5.91 Å². The molecule has 0 radical (unpaired) electrons. The molecule has 0 spiro atoms. The van der Waals surface area contributed by atoms with Crippen molar-refractivity contribution in [2.75, 3.05) is 39.9 Å². The molecule has 1 fully saturated rings. The van der Waals surface area contributed by atoms with Crippen LogP contribution in [0.4, 0.5) is 0 Å². The van der Waals surface area contributed by atoms with E-state index in [4.69, 9.17) is 4.74 Å². The van der Waals surface area contributed by atoms with Gasteiger partial charge in [0.1, 0.15) is 0 Å². The van der Waals surface area contributed by atoms with Crippen molar-refractivity contribution in [2.24, 2.45) is 5.92 Å². The SMILES string of the molecule is COCCN1CCCC(C(=O)N2CCc3ccccc3C2)C1. The number of carbonyl (C=O) groups is 1. The maximum absolute atomic E-state index is 12.9. The van der Waals surface area contributed by atoms with Crippen molar-refractivity contribution in [3.8, 4) is 0 Å². The third kappa shape index (κ3) is 3.50. The molecule has 1 aromatic rings. The van der Waals surface area contributed by atoms with E-state index in [1.54, 1.807) is 7.11 Å². The van der Waals surface area contributed by atoms with Crippen molar-refractivity contribution in [2.45, 2.75) is 25.8 Å². The second-order valence-electron chi connectivity index (χ2n) is 6.41. The topological polar surface area (TPSA) is 32.8 Å². The Balaban J connectivity index is 1.60. The van der Waals surface area contributed by atoms with Crippen LogP contribution in [0.2, 0.25) is 0 Å². The molecular weight excluding hydrogens is 276 g/mol. The quantitative estimate of drug-likeness (QED) is 0.852. The summed E-state index contributed by atoms with van der Waals surface area (Å²) >= 11 is 0. The number of piperidine rings is 1. The molecule has 1 atom stereocenters. The van der Waals surface area contributed by atoms with E-state index in [0.717, 1.165) is 58.6 Å². The molecule has 22 heavy (non-hydrogen) atoms. The van der Waals surface area contributed by atoms with Crippen LogP contribution < -0.4 is 0 Å². The first-order chi connectivity index (χ1) is 10.8. The summed E-state index contributed by atoms with van der Waals surface area (Å²) in [5.41, 5.74) is 2.71. The summed E-state index contributed by atoms with van der Waals surface area (Å²) in [4.78, 5) is 17.3. The van der Waals surface area contributed by atoms with E-state index in [2.05, 4.69) is 34.1 Å². The van der Waals surface area contributed by atoms with Crippen LogP contribution in [0.3, 0.4) is 0 Å². The number of rotatable bonds is 4. The number of fused-ring (bicyclic) bond motifs is 1. The zero-order chi connectivity index (χ0) is 15.4. The second-order valence-corrected chi connectivity index (χ2v) is 6.41. The van der Waals surface area contributed by atoms with Crippen molar-refractivity contribution in [3.63, 3.8) is 0 Å². The number of ether oxygens (including phenoxy) is 1. The minimum atomic E-state index is 0.163. The van der Waals surface area contributed by atoms with E-state index in [1.807, 2.05) is 0 Å². The van der Waals surface area contributed by atoms with Gasteiger partial charge in [-0.05, 0) is 36.9 Å². The molecule has 1 unspecified atom stereocenters. The Morgan fingerprint density at radius 2 is 2.09 bits per heavy atom. The van der Waals surface area contributed by atoms with E-state index in [-0.39, 0.29) is 5.92 Å².